The Balaban J connectivity index is 1.34. The van der Waals surface area contributed by atoms with Crippen molar-refractivity contribution in [3.8, 4) is 28.7 Å². The predicted molar refractivity (Wildman–Crippen MR) is 147 cm³/mol. The average molecular weight is 506 g/mol. The number of benzene rings is 3. The van der Waals surface area contributed by atoms with Crippen LogP contribution in [0.1, 0.15) is 60.8 Å². The number of oxime groups is 1. The first-order valence-corrected chi connectivity index (χ1v) is 13.4. The molecule has 7 rings (SSSR count). The van der Waals surface area contributed by atoms with Gasteiger partial charge in [0.15, 0.2) is 0 Å². The number of nitrogens with zero attached hydrogens (tertiary/aromatic N) is 1. The van der Waals surface area contributed by atoms with Crippen LogP contribution in [0.15, 0.2) is 71.9 Å². The van der Waals surface area contributed by atoms with Gasteiger partial charge in [-0.3, -0.25) is 0 Å². The van der Waals surface area contributed by atoms with Crippen LogP contribution < -0.4 is 0 Å². The highest BCUT2D eigenvalue weighted by atomic mass is 16.6. The van der Waals surface area contributed by atoms with E-state index in [1.165, 1.54) is 38.5 Å². The number of rotatable bonds is 6. The van der Waals surface area contributed by atoms with Gasteiger partial charge in [0.05, 0.1) is 6.21 Å². The molecule has 0 unspecified atom stereocenters. The van der Waals surface area contributed by atoms with E-state index >= 15 is 0 Å². The number of aliphatic carboxylic acids is 1. The first-order chi connectivity index (χ1) is 18.5. The van der Waals surface area contributed by atoms with Crippen molar-refractivity contribution in [1.82, 2.24) is 0 Å². The predicted octanol–water partition coefficient (Wildman–Crippen LogP) is 6.51. The summed E-state index contributed by atoms with van der Waals surface area (Å²) in [6, 6.07) is 21.4. The van der Waals surface area contributed by atoms with Gasteiger partial charge in [-0.15, -0.1) is 0 Å². The highest BCUT2D eigenvalue weighted by molar-refractivity contribution is 5.92. The molecule has 192 valence electrons. The number of carboxylic acids is 1. The summed E-state index contributed by atoms with van der Waals surface area (Å²) in [5.41, 5.74) is 5.45. The van der Waals surface area contributed by atoms with E-state index in [0.29, 0.717) is 17.9 Å². The lowest BCUT2D eigenvalue weighted by Gasteiger charge is -2.57. The molecule has 4 bridgehead atoms. The monoisotopic (exact) mass is 505 g/mol. The molecule has 4 fully saturated rings. The maximum atomic E-state index is 11.0. The molecule has 3 aromatic carbocycles. The Labute approximate surface area is 223 Å². The van der Waals surface area contributed by atoms with Gasteiger partial charge in [0, 0.05) is 22.6 Å². The second-order valence-electron chi connectivity index (χ2n) is 11.3. The van der Waals surface area contributed by atoms with Gasteiger partial charge in [-0.1, -0.05) is 53.5 Å². The second kappa shape index (κ2) is 10.0. The van der Waals surface area contributed by atoms with Crippen molar-refractivity contribution in [2.75, 3.05) is 0 Å². The summed E-state index contributed by atoms with van der Waals surface area (Å²) in [5.74, 6) is 6.44. The zero-order chi connectivity index (χ0) is 26.1. The van der Waals surface area contributed by atoms with Crippen LogP contribution in [0.4, 0.5) is 0 Å². The van der Waals surface area contributed by atoms with Gasteiger partial charge in [0.1, 0.15) is 12.4 Å². The third kappa shape index (κ3) is 4.91. The van der Waals surface area contributed by atoms with Crippen molar-refractivity contribution < 1.29 is 19.8 Å². The molecule has 4 aliphatic carbocycles. The minimum atomic E-state index is -1.17. The maximum absolute atomic E-state index is 11.0. The van der Waals surface area contributed by atoms with E-state index in [1.54, 1.807) is 6.21 Å². The number of aromatic hydroxyl groups is 1. The van der Waals surface area contributed by atoms with E-state index in [1.807, 2.05) is 60.7 Å². The van der Waals surface area contributed by atoms with E-state index in [2.05, 4.69) is 23.1 Å². The van der Waals surface area contributed by atoms with E-state index in [9.17, 15) is 9.90 Å². The Morgan fingerprint density at radius 3 is 2.37 bits per heavy atom. The van der Waals surface area contributed by atoms with Gasteiger partial charge in [0.2, 0.25) is 0 Å². The molecule has 5 nitrogen and oxygen atoms in total. The van der Waals surface area contributed by atoms with Crippen molar-refractivity contribution in [3.63, 3.8) is 0 Å². The standard InChI is InChI=1S/C33H31NO4/c35-31-10-8-27(16-30(31)33-17-24-12-25(18-33)14-26(13-24)19-33)29-9-6-22(7-11-32(36)37)15-28(29)20-34-38-21-23-4-2-1-3-5-23/h1-6,8-10,15-16,20,24-26,35H,12-14,17-19,21H2,(H,36,37)/b34-20-. The summed E-state index contributed by atoms with van der Waals surface area (Å²) >= 11 is 0. The lowest BCUT2D eigenvalue weighted by Crippen LogP contribution is -2.48. The van der Waals surface area contributed by atoms with Crippen LogP contribution in [0.2, 0.25) is 0 Å². The summed E-state index contributed by atoms with van der Waals surface area (Å²) in [6.07, 6.45) is 9.21. The minimum absolute atomic E-state index is 0.0643. The fourth-order valence-electron chi connectivity index (χ4n) is 7.48. The van der Waals surface area contributed by atoms with Crippen LogP contribution in [-0.2, 0) is 21.7 Å². The van der Waals surface area contributed by atoms with E-state index in [-0.39, 0.29) is 5.41 Å². The number of carboxylic acid groups (broad SMARTS) is 1. The lowest BCUT2D eigenvalue weighted by atomic mass is 9.48. The summed E-state index contributed by atoms with van der Waals surface area (Å²) in [5, 5.41) is 24.2. The van der Waals surface area contributed by atoms with Crippen molar-refractivity contribution in [2.24, 2.45) is 22.9 Å². The normalized spacial score (nSPS) is 25.2. The topological polar surface area (TPSA) is 79.1 Å². The minimum Gasteiger partial charge on any atom is -0.508 e. The Kier molecular flexibility index (Phi) is 6.41. The molecule has 3 aromatic rings. The average Bonchev–Trinajstić information content (AvgIpc) is 2.90. The Morgan fingerprint density at radius 1 is 0.974 bits per heavy atom. The van der Waals surface area contributed by atoms with Gasteiger partial charge in [0.25, 0.3) is 0 Å². The summed E-state index contributed by atoms with van der Waals surface area (Å²) < 4.78 is 0. The number of hydrogen-bond donors (Lipinski definition) is 2. The molecule has 0 aromatic heterocycles. The van der Waals surface area contributed by atoms with Gasteiger partial charge < -0.3 is 15.1 Å². The van der Waals surface area contributed by atoms with Crippen molar-refractivity contribution in [1.29, 1.82) is 0 Å². The maximum Gasteiger partial charge on any atom is 0.382 e. The molecule has 4 aliphatic rings. The molecule has 0 spiro atoms. The van der Waals surface area contributed by atoms with Crippen molar-refractivity contribution in [2.45, 2.75) is 50.5 Å². The highest BCUT2D eigenvalue weighted by Gasteiger charge is 2.52. The van der Waals surface area contributed by atoms with Gasteiger partial charge >= 0.3 is 5.97 Å². The molecule has 0 amide bonds. The van der Waals surface area contributed by atoms with Gasteiger partial charge in [-0.25, -0.2) is 4.79 Å². The quantitative estimate of drug-likeness (QED) is 0.227. The largest absolute Gasteiger partial charge is 0.508 e. The van der Waals surface area contributed by atoms with Gasteiger partial charge in [-0.05, 0) is 103 Å². The third-order valence-corrected chi connectivity index (χ3v) is 8.62. The van der Waals surface area contributed by atoms with E-state index in [4.69, 9.17) is 9.94 Å². The SMILES string of the molecule is O=C(O)C#Cc1ccc(-c2ccc(O)c(C34CC5CC(CC(C5)C3)C4)c2)c(/C=N\OCc2ccccc2)c1. The summed E-state index contributed by atoms with van der Waals surface area (Å²) in [4.78, 5) is 16.5. The van der Waals surface area contributed by atoms with Crippen molar-refractivity contribution >= 4 is 12.2 Å². The van der Waals surface area contributed by atoms with Crippen molar-refractivity contribution in [3.05, 3.63) is 89.0 Å². The van der Waals surface area contributed by atoms with Crippen LogP contribution >= 0.6 is 0 Å². The Bertz CT molecular complexity index is 1410. The highest BCUT2D eigenvalue weighted by Crippen LogP contribution is 2.62. The van der Waals surface area contributed by atoms with Crippen LogP contribution in [-0.4, -0.2) is 22.4 Å². The Hall–Kier alpha value is -4.04. The molecule has 0 atom stereocenters. The zero-order valence-electron chi connectivity index (χ0n) is 21.3. The number of phenolic OH excluding ortho intramolecular Hbond substituents is 1. The molecule has 0 saturated heterocycles. The summed E-state index contributed by atoms with van der Waals surface area (Å²) in [7, 11) is 0. The fraction of sp³-hybridized carbons (Fsp3) is 0.333. The third-order valence-electron chi connectivity index (χ3n) is 8.62. The Morgan fingerprint density at radius 2 is 1.68 bits per heavy atom. The molecule has 0 heterocycles. The van der Waals surface area contributed by atoms with Crippen LogP contribution in [0.5, 0.6) is 5.75 Å². The fourth-order valence-corrected chi connectivity index (χ4v) is 7.48. The molecule has 2 N–H and O–H groups in total. The van der Waals surface area contributed by atoms with Crippen LogP contribution in [0, 0.1) is 29.6 Å². The number of hydrogen-bond acceptors (Lipinski definition) is 4. The lowest BCUT2D eigenvalue weighted by molar-refractivity contribution is -0.130. The first kappa shape index (κ1) is 24.3. The molecule has 4 saturated carbocycles. The number of carbonyl (C=O) groups is 1. The molecule has 0 aliphatic heterocycles. The van der Waals surface area contributed by atoms with Crippen LogP contribution in [0.25, 0.3) is 11.1 Å². The zero-order valence-corrected chi connectivity index (χ0v) is 21.3. The first-order valence-electron chi connectivity index (χ1n) is 13.4. The summed E-state index contributed by atoms with van der Waals surface area (Å²) in [6.45, 7) is 0.348. The molecular weight excluding hydrogens is 474 g/mol. The smallest absolute Gasteiger partial charge is 0.382 e. The van der Waals surface area contributed by atoms with E-state index in [0.717, 1.165) is 45.6 Å². The molecule has 38 heavy (non-hydrogen) atoms. The second-order valence-corrected chi connectivity index (χ2v) is 11.3. The molecule has 0 radical (unpaired) electrons. The molecule has 5 heteroatoms. The van der Waals surface area contributed by atoms with Gasteiger partial charge in [-0.2, -0.15) is 0 Å². The number of phenols is 1. The van der Waals surface area contributed by atoms with E-state index < -0.39 is 5.97 Å². The van der Waals surface area contributed by atoms with Crippen LogP contribution in [0.3, 0.4) is 0 Å². The molecular formula is C33H31NO4.